The van der Waals surface area contributed by atoms with E-state index in [0.717, 1.165) is 52.8 Å². The lowest BCUT2D eigenvalue weighted by molar-refractivity contribution is 0.273. The van der Waals surface area contributed by atoms with Gasteiger partial charge in [0.2, 0.25) is 0 Å². The molecule has 148 valence electrons. The molecule has 0 amide bonds. The summed E-state index contributed by atoms with van der Waals surface area (Å²) < 4.78 is 7.30. The summed E-state index contributed by atoms with van der Waals surface area (Å²) in [4.78, 5) is 12.4. The molecule has 4 heterocycles. The first-order chi connectivity index (χ1) is 14.7. The highest BCUT2D eigenvalue weighted by molar-refractivity contribution is 5.81. The van der Waals surface area contributed by atoms with E-state index in [1.807, 2.05) is 31.7 Å². The number of aromatic nitrogens is 6. The van der Waals surface area contributed by atoms with Gasteiger partial charge in [-0.15, -0.1) is 0 Å². The Balaban J connectivity index is 1.34. The molecule has 6 rings (SSSR count). The van der Waals surface area contributed by atoms with Crippen LogP contribution >= 0.6 is 0 Å². The zero-order valence-electron chi connectivity index (χ0n) is 16.5. The number of H-pyrrole nitrogens is 1. The maximum Gasteiger partial charge on any atom is 0.261 e. The summed E-state index contributed by atoms with van der Waals surface area (Å²) in [6.45, 7) is 0. The lowest BCUT2D eigenvalue weighted by atomic mass is 9.64. The molecule has 1 fully saturated rings. The predicted molar refractivity (Wildman–Crippen MR) is 113 cm³/mol. The number of aromatic amines is 1. The van der Waals surface area contributed by atoms with Crippen LogP contribution in [-0.4, -0.2) is 29.9 Å². The fourth-order valence-electron chi connectivity index (χ4n) is 4.32. The smallest absolute Gasteiger partial charge is 0.261 e. The average Bonchev–Trinajstić information content (AvgIpc) is 3.48. The van der Waals surface area contributed by atoms with Crippen molar-refractivity contribution in [2.45, 2.75) is 24.7 Å². The topological polar surface area (TPSA) is 85.4 Å². The van der Waals surface area contributed by atoms with Crippen molar-refractivity contribution in [3.8, 4) is 22.6 Å². The Morgan fingerprint density at radius 1 is 1.03 bits per heavy atom. The Morgan fingerprint density at radius 2 is 1.90 bits per heavy atom. The van der Waals surface area contributed by atoms with Crippen molar-refractivity contribution in [3.05, 3.63) is 72.6 Å². The van der Waals surface area contributed by atoms with Crippen LogP contribution in [-0.2, 0) is 12.5 Å². The van der Waals surface area contributed by atoms with Crippen molar-refractivity contribution in [1.82, 2.24) is 29.9 Å². The number of rotatable bonds is 4. The van der Waals surface area contributed by atoms with Gasteiger partial charge in [0, 0.05) is 36.6 Å². The molecule has 1 N–H and O–H groups in total. The fourth-order valence-corrected chi connectivity index (χ4v) is 4.32. The molecule has 0 saturated heterocycles. The maximum absolute atomic E-state index is 5.57. The molecule has 7 nitrogen and oxygen atoms in total. The van der Waals surface area contributed by atoms with Crippen molar-refractivity contribution in [2.24, 2.45) is 7.05 Å². The minimum absolute atomic E-state index is 0.175. The number of pyridine rings is 1. The van der Waals surface area contributed by atoms with E-state index in [4.69, 9.17) is 9.51 Å². The van der Waals surface area contributed by atoms with Gasteiger partial charge < -0.3 is 9.51 Å². The lowest BCUT2D eigenvalue weighted by Crippen LogP contribution is -2.36. The highest BCUT2D eigenvalue weighted by Gasteiger charge is 2.44. The van der Waals surface area contributed by atoms with Gasteiger partial charge in [0.25, 0.3) is 5.89 Å². The van der Waals surface area contributed by atoms with E-state index in [1.165, 1.54) is 5.56 Å². The second-order valence-electron chi connectivity index (χ2n) is 7.98. The molecular weight excluding hydrogens is 376 g/mol. The van der Waals surface area contributed by atoms with Gasteiger partial charge in [-0.3, -0.25) is 4.68 Å². The molecule has 5 aromatic rings. The summed E-state index contributed by atoms with van der Waals surface area (Å²) in [6, 6.07) is 12.9. The molecule has 1 aliphatic rings. The zero-order valence-corrected chi connectivity index (χ0v) is 16.5. The van der Waals surface area contributed by atoms with Crippen LogP contribution in [0.2, 0.25) is 0 Å². The number of nitrogens with zero attached hydrogens (tertiary/aromatic N) is 5. The predicted octanol–water partition coefficient (Wildman–Crippen LogP) is 4.48. The zero-order chi connectivity index (χ0) is 20.1. The summed E-state index contributed by atoms with van der Waals surface area (Å²) in [7, 11) is 1.87. The number of hydrogen-bond acceptors (Lipinski definition) is 5. The van der Waals surface area contributed by atoms with Gasteiger partial charge in [0.05, 0.1) is 17.2 Å². The lowest BCUT2D eigenvalue weighted by Gasteiger charge is -2.39. The van der Waals surface area contributed by atoms with E-state index in [0.29, 0.717) is 5.89 Å². The Kier molecular flexibility index (Phi) is 3.65. The highest BCUT2D eigenvalue weighted by Crippen LogP contribution is 2.48. The quantitative estimate of drug-likeness (QED) is 0.484. The highest BCUT2D eigenvalue weighted by atomic mass is 16.5. The third-order valence-corrected chi connectivity index (χ3v) is 6.18. The molecule has 0 unspecified atom stereocenters. The van der Waals surface area contributed by atoms with Gasteiger partial charge in [0.15, 0.2) is 5.82 Å². The summed E-state index contributed by atoms with van der Waals surface area (Å²) >= 11 is 0. The molecular formula is C23H20N6O. The number of fused-ring (bicyclic) bond motifs is 1. The number of hydrogen-bond donors (Lipinski definition) is 1. The van der Waals surface area contributed by atoms with E-state index in [-0.39, 0.29) is 5.41 Å². The van der Waals surface area contributed by atoms with Crippen molar-refractivity contribution in [1.29, 1.82) is 0 Å². The Labute approximate surface area is 172 Å². The summed E-state index contributed by atoms with van der Waals surface area (Å²) in [6.07, 6.45) is 10.7. The third-order valence-electron chi connectivity index (χ3n) is 6.18. The van der Waals surface area contributed by atoms with Crippen LogP contribution in [0.25, 0.3) is 33.6 Å². The van der Waals surface area contributed by atoms with Gasteiger partial charge in [-0.2, -0.15) is 10.1 Å². The minimum Gasteiger partial charge on any atom is -0.346 e. The number of benzene rings is 1. The molecule has 0 aliphatic heterocycles. The number of aryl methyl sites for hydroxylation is 1. The fraction of sp³-hybridized carbons (Fsp3) is 0.217. The van der Waals surface area contributed by atoms with Gasteiger partial charge in [0.1, 0.15) is 5.65 Å². The van der Waals surface area contributed by atoms with Crippen LogP contribution in [0.5, 0.6) is 0 Å². The second kappa shape index (κ2) is 6.38. The van der Waals surface area contributed by atoms with Gasteiger partial charge >= 0.3 is 0 Å². The number of nitrogens with one attached hydrogen (secondary N) is 1. The van der Waals surface area contributed by atoms with Crippen molar-refractivity contribution in [3.63, 3.8) is 0 Å². The molecule has 7 heteroatoms. The van der Waals surface area contributed by atoms with E-state index < -0.39 is 0 Å². The van der Waals surface area contributed by atoms with Crippen LogP contribution in [0.4, 0.5) is 0 Å². The standard InChI is InChI=1S/C23H20N6O/c1-29-14-18(13-26-29)21-27-22(28-30-21)23(8-2-9-23)19-5-3-15(4-6-19)17-11-16-7-10-24-20(16)25-12-17/h3-7,10-14H,2,8-9H2,1H3,(H,24,25). The van der Waals surface area contributed by atoms with Gasteiger partial charge in [-0.05, 0) is 36.1 Å². The SMILES string of the molecule is Cn1cc(-c2nc(C3(c4ccc(-c5cnc6[nH]ccc6c5)cc4)CCC3)no2)cn1. The average molecular weight is 396 g/mol. The Hall–Kier alpha value is -3.74. The second-order valence-corrected chi connectivity index (χ2v) is 7.98. The van der Waals surface area contributed by atoms with Crippen LogP contribution in [0.1, 0.15) is 30.7 Å². The summed E-state index contributed by atoms with van der Waals surface area (Å²) in [5.74, 6) is 1.28. The van der Waals surface area contributed by atoms with Crippen molar-refractivity contribution >= 4 is 11.0 Å². The molecule has 0 radical (unpaired) electrons. The maximum atomic E-state index is 5.57. The first-order valence-corrected chi connectivity index (χ1v) is 10.1. The summed E-state index contributed by atoms with van der Waals surface area (Å²) in [5, 5.41) is 9.65. The molecule has 0 bridgehead atoms. The molecule has 0 atom stereocenters. The normalized spacial score (nSPS) is 15.4. The van der Waals surface area contributed by atoms with E-state index in [2.05, 4.69) is 50.6 Å². The molecule has 1 aromatic carbocycles. The molecule has 30 heavy (non-hydrogen) atoms. The molecule has 0 spiro atoms. The van der Waals surface area contributed by atoms with E-state index in [1.54, 1.807) is 10.9 Å². The summed E-state index contributed by atoms with van der Waals surface area (Å²) in [5.41, 5.74) is 5.05. The van der Waals surface area contributed by atoms with Crippen molar-refractivity contribution in [2.75, 3.05) is 0 Å². The van der Waals surface area contributed by atoms with E-state index >= 15 is 0 Å². The van der Waals surface area contributed by atoms with Crippen LogP contribution in [0.15, 0.2) is 65.7 Å². The van der Waals surface area contributed by atoms with Gasteiger partial charge in [-0.25, -0.2) is 4.98 Å². The molecule has 1 saturated carbocycles. The Bertz CT molecular complexity index is 1340. The van der Waals surface area contributed by atoms with Crippen molar-refractivity contribution < 1.29 is 4.52 Å². The van der Waals surface area contributed by atoms with E-state index in [9.17, 15) is 0 Å². The third kappa shape index (κ3) is 2.58. The Morgan fingerprint density at radius 3 is 2.63 bits per heavy atom. The first-order valence-electron chi connectivity index (χ1n) is 10.1. The van der Waals surface area contributed by atoms with Crippen LogP contribution in [0.3, 0.4) is 0 Å². The van der Waals surface area contributed by atoms with Crippen LogP contribution in [0, 0.1) is 0 Å². The van der Waals surface area contributed by atoms with Crippen LogP contribution < -0.4 is 0 Å². The van der Waals surface area contributed by atoms with Gasteiger partial charge in [-0.1, -0.05) is 35.8 Å². The molecule has 1 aliphatic carbocycles. The first kappa shape index (κ1) is 17.1. The molecule has 4 aromatic heterocycles. The monoisotopic (exact) mass is 396 g/mol. The largest absolute Gasteiger partial charge is 0.346 e. The minimum atomic E-state index is -0.175.